The number of alkyl halides is 3. The average Bonchev–Trinajstić information content (AvgIpc) is 3.22. The van der Waals surface area contributed by atoms with Crippen LogP contribution in [0.3, 0.4) is 0 Å². The molecule has 0 aromatic heterocycles. The van der Waals surface area contributed by atoms with Crippen LogP contribution in [-0.4, -0.2) is 76.2 Å². The molecule has 0 bridgehead atoms. The third-order valence-corrected chi connectivity index (χ3v) is 9.09. The number of amides is 3. The fourth-order valence-electron chi connectivity index (χ4n) is 6.62. The molecule has 2 aliphatic heterocycles. The Morgan fingerprint density at radius 3 is 2.36 bits per heavy atom. The fourth-order valence-corrected chi connectivity index (χ4v) is 6.62. The second-order valence-electron chi connectivity index (χ2n) is 11.5. The zero-order valence-corrected chi connectivity index (χ0v) is 24.4. The molecule has 0 radical (unpaired) electrons. The first-order valence-electron chi connectivity index (χ1n) is 14.3. The number of urea groups is 1. The maximum atomic E-state index is 14.2. The van der Waals surface area contributed by atoms with Crippen LogP contribution in [0.4, 0.5) is 22.4 Å². The molecule has 2 heterocycles. The van der Waals surface area contributed by atoms with Gasteiger partial charge in [-0.1, -0.05) is 19.1 Å². The number of hydrogen-bond acceptors (Lipinski definition) is 4. The van der Waals surface area contributed by atoms with Crippen molar-refractivity contribution in [3.63, 3.8) is 0 Å². The summed E-state index contributed by atoms with van der Waals surface area (Å²) in [5.41, 5.74) is 0.347. The van der Waals surface area contributed by atoms with Crippen molar-refractivity contribution in [3.8, 4) is 0 Å². The molecule has 2 aromatic rings. The van der Waals surface area contributed by atoms with Crippen LogP contribution in [0.15, 0.2) is 36.4 Å². The molecule has 1 unspecified atom stereocenters. The molecule has 230 valence electrons. The Labute approximate surface area is 243 Å². The number of aryl methyl sites for hydroxylation is 2. The monoisotopic (exact) mass is 593 g/mol. The molecule has 0 saturated carbocycles. The van der Waals surface area contributed by atoms with Crippen molar-refractivity contribution in [1.29, 1.82) is 0 Å². The van der Waals surface area contributed by atoms with Crippen LogP contribution in [0.5, 0.6) is 0 Å². The topological polar surface area (TPSA) is 84.3 Å². The molecule has 42 heavy (non-hydrogen) atoms. The van der Waals surface area contributed by atoms with Gasteiger partial charge in [-0.05, 0) is 86.1 Å². The summed E-state index contributed by atoms with van der Waals surface area (Å²) in [6.07, 6.45) is -3.53. The molecule has 2 aromatic carbocycles. The molecule has 0 spiro atoms. The van der Waals surface area contributed by atoms with Gasteiger partial charge in [-0.15, -0.1) is 0 Å². The highest BCUT2D eigenvalue weighted by Gasteiger charge is 2.56. The molecule has 3 atom stereocenters. The summed E-state index contributed by atoms with van der Waals surface area (Å²) >= 11 is 0. The van der Waals surface area contributed by atoms with Crippen LogP contribution >= 0.6 is 0 Å². The van der Waals surface area contributed by atoms with Gasteiger partial charge in [-0.25, -0.2) is 9.18 Å². The first kappa shape index (κ1) is 31.7. The molecule has 3 amide bonds. The van der Waals surface area contributed by atoms with Crippen molar-refractivity contribution >= 4 is 11.9 Å². The van der Waals surface area contributed by atoms with E-state index in [2.05, 4.69) is 0 Å². The van der Waals surface area contributed by atoms with Crippen molar-refractivity contribution in [1.82, 2.24) is 14.7 Å². The van der Waals surface area contributed by atoms with Crippen molar-refractivity contribution in [2.75, 3.05) is 33.4 Å². The largest absolute Gasteiger partial charge is 0.416 e. The first-order chi connectivity index (χ1) is 19.8. The average molecular weight is 594 g/mol. The lowest BCUT2D eigenvalue weighted by atomic mass is 9.77. The van der Waals surface area contributed by atoms with Gasteiger partial charge in [0.15, 0.2) is 0 Å². The van der Waals surface area contributed by atoms with Gasteiger partial charge in [-0.3, -0.25) is 4.79 Å². The number of aliphatic hydroxyl groups is 2. The molecular weight excluding hydrogens is 554 g/mol. The van der Waals surface area contributed by atoms with E-state index in [1.165, 1.54) is 17.0 Å². The second-order valence-corrected chi connectivity index (χ2v) is 11.5. The quantitative estimate of drug-likeness (QED) is 0.411. The summed E-state index contributed by atoms with van der Waals surface area (Å²) in [6, 6.07) is 5.83. The number of nitrogens with zero attached hydrogens (tertiary/aromatic N) is 3. The third kappa shape index (κ3) is 5.86. The maximum Gasteiger partial charge on any atom is 0.416 e. The standard InChI is InChI=1S/C31H39F4N3O4/c1-5-21-15-22(17-23(16-21)31(33,34)35)20(3)36(4)29(42)38-11-10-37-26(18-30(8-12-39,9-13-40)28(37)41)27(38)25-7-6-24(32)14-19(25)2/h6-7,14-17,20,26-27,39-40H,5,8-13,18H2,1-4H3/t20-,26+,27?/m1/s1. The number of piperazine rings is 1. The second kappa shape index (κ2) is 12.2. The summed E-state index contributed by atoms with van der Waals surface area (Å²) in [4.78, 5) is 32.6. The van der Waals surface area contributed by atoms with Gasteiger partial charge in [0.1, 0.15) is 5.82 Å². The lowest BCUT2D eigenvalue weighted by Crippen LogP contribution is -2.57. The Balaban J connectivity index is 1.74. The molecule has 0 aliphatic carbocycles. The van der Waals surface area contributed by atoms with E-state index in [0.29, 0.717) is 28.7 Å². The molecule has 7 nitrogen and oxygen atoms in total. The van der Waals surface area contributed by atoms with Gasteiger partial charge < -0.3 is 24.9 Å². The van der Waals surface area contributed by atoms with Crippen molar-refractivity contribution in [2.24, 2.45) is 5.41 Å². The Morgan fingerprint density at radius 2 is 1.79 bits per heavy atom. The Morgan fingerprint density at radius 1 is 1.12 bits per heavy atom. The molecule has 2 saturated heterocycles. The summed E-state index contributed by atoms with van der Waals surface area (Å²) in [5, 5.41) is 19.6. The number of carbonyl (C=O) groups excluding carboxylic acids is 2. The van der Waals surface area contributed by atoms with E-state index in [0.717, 1.165) is 12.1 Å². The predicted octanol–water partition coefficient (Wildman–Crippen LogP) is 5.24. The van der Waals surface area contributed by atoms with Gasteiger partial charge in [0.2, 0.25) is 5.91 Å². The van der Waals surface area contributed by atoms with Gasteiger partial charge in [0.05, 0.1) is 29.1 Å². The summed E-state index contributed by atoms with van der Waals surface area (Å²) in [7, 11) is 1.54. The third-order valence-electron chi connectivity index (χ3n) is 9.09. The molecule has 11 heteroatoms. The number of carbonyl (C=O) groups is 2. The number of benzene rings is 2. The number of aliphatic hydroxyl groups excluding tert-OH is 2. The molecule has 2 N–H and O–H groups in total. The van der Waals surface area contributed by atoms with E-state index in [1.54, 1.807) is 49.8 Å². The lowest BCUT2D eigenvalue weighted by Gasteiger charge is -2.47. The van der Waals surface area contributed by atoms with Crippen molar-refractivity contribution in [2.45, 2.75) is 70.8 Å². The molecular formula is C31H39F4N3O4. The van der Waals surface area contributed by atoms with Crippen LogP contribution < -0.4 is 0 Å². The highest BCUT2D eigenvalue weighted by Crippen LogP contribution is 2.49. The van der Waals surface area contributed by atoms with Gasteiger partial charge in [0, 0.05) is 33.4 Å². The summed E-state index contributed by atoms with van der Waals surface area (Å²) in [6.45, 7) is 5.05. The summed E-state index contributed by atoms with van der Waals surface area (Å²) < 4.78 is 55.1. The van der Waals surface area contributed by atoms with E-state index < -0.39 is 47.1 Å². The number of fused-ring (bicyclic) bond motifs is 1. The Kier molecular flexibility index (Phi) is 9.22. The van der Waals surface area contributed by atoms with E-state index in [4.69, 9.17) is 0 Å². The minimum Gasteiger partial charge on any atom is -0.396 e. The Hall–Kier alpha value is -3.18. The highest BCUT2D eigenvalue weighted by atomic mass is 19.4. The minimum atomic E-state index is -4.53. The van der Waals surface area contributed by atoms with Crippen LogP contribution in [0, 0.1) is 18.2 Å². The number of halogens is 4. The predicted molar refractivity (Wildman–Crippen MR) is 149 cm³/mol. The molecule has 2 fully saturated rings. The maximum absolute atomic E-state index is 14.2. The van der Waals surface area contributed by atoms with Crippen molar-refractivity contribution < 1.29 is 37.4 Å². The van der Waals surface area contributed by atoms with Gasteiger partial charge in [0.25, 0.3) is 0 Å². The fraction of sp³-hybridized carbons (Fsp3) is 0.548. The number of hydrogen-bond donors (Lipinski definition) is 2. The van der Waals surface area contributed by atoms with Gasteiger partial charge >= 0.3 is 12.2 Å². The van der Waals surface area contributed by atoms with Crippen molar-refractivity contribution in [3.05, 3.63) is 70.0 Å². The smallest absolute Gasteiger partial charge is 0.396 e. The zero-order valence-electron chi connectivity index (χ0n) is 24.4. The first-order valence-corrected chi connectivity index (χ1v) is 14.3. The van der Waals surface area contributed by atoms with Crippen LogP contribution in [0.1, 0.15) is 73.0 Å². The molecule has 4 rings (SSSR count). The zero-order chi connectivity index (χ0) is 31.0. The van der Waals surface area contributed by atoms with E-state index in [1.807, 2.05) is 0 Å². The highest BCUT2D eigenvalue weighted by molar-refractivity contribution is 5.86. The lowest BCUT2D eigenvalue weighted by molar-refractivity contribution is -0.140. The van der Waals surface area contributed by atoms with Crippen LogP contribution in [0.25, 0.3) is 0 Å². The van der Waals surface area contributed by atoms with Crippen LogP contribution in [-0.2, 0) is 17.4 Å². The van der Waals surface area contributed by atoms with Crippen LogP contribution in [0.2, 0.25) is 0 Å². The van der Waals surface area contributed by atoms with Gasteiger partial charge in [-0.2, -0.15) is 13.2 Å². The SMILES string of the molecule is CCc1cc([C@@H](C)N(C)C(=O)N2CCN3C(=O)C(CCO)(CCO)C[C@H]3C2c2ccc(F)cc2C)cc(C(F)(F)F)c1. The van der Waals surface area contributed by atoms with E-state index in [-0.39, 0.29) is 51.5 Å². The normalized spacial score (nSPS) is 21.0. The van der Waals surface area contributed by atoms with E-state index >= 15 is 0 Å². The Bertz CT molecular complexity index is 1310. The minimum absolute atomic E-state index is 0.150. The summed E-state index contributed by atoms with van der Waals surface area (Å²) in [5.74, 6) is -0.633. The number of rotatable bonds is 8. The van der Waals surface area contributed by atoms with E-state index in [9.17, 15) is 37.4 Å². The molecule has 2 aliphatic rings.